The van der Waals surface area contributed by atoms with Crippen LogP contribution in [0.4, 0.5) is 4.39 Å². The molecule has 9 nitrogen and oxygen atoms in total. The quantitative estimate of drug-likeness (QED) is 0.373. The van der Waals surface area contributed by atoms with Crippen LogP contribution in [-0.2, 0) is 17.9 Å². The molecule has 5 rings (SSSR count). The van der Waals surface area contributed by atoms with E-state index in [9.17, 15) is 18.8 Å². The zero-order chi connectivity index (χ0) is 27.9. The molecule has 2 N–H and O–H groups in total. The average Bonchev–Trinajstić information content (AvgIpc) is 3.58. The molecule has 0 aliphatic carbocycles. The molecular formula is C29H35FN6O3. The first-order valence-electron chi connectivity index (χ1n) is 13.1. The van der Waals surface area contributed by atoms with Crippen molar-refractivity contribution in [3.05, 3.63) is 89.3 Å². The van der Waals surface area contributed by atoms with Gasteiger partial charge in [0.1, 0.15) is 5.82 Å². The Bertz CT molecular complexity index is 1300. The van der Waals surface area contributed by atoms with Crippen LogP contribution in [0.3, 0.4) is 0 Å². The van der Waals surface area contributed by atoms with Crippen LogP contribution in [0.15, 0.2) is 55.3 Å². The van der Waals surface area contributed by atoms with E-state index in [1.54, 1.807) is 35.4 Å². The molecule has 10 heteroatoms. The number of likely N-dealkylation sites (N-methyl/N-ethyl adjacent to an activating group) is 1. The Morgan fingerprint density at radius 3 is 2.64 bits per heavy atom. The van der Waals surface area contributed by atoms with Crippen LogP contribution in [0.5, 0.6) is 0 Å². The number of hydrogen-bond donors (Lipinski definition) is 2. The lowest BCUT2D eigenvalue weighted by Gasteiger charge is -2.32. The van der Waals surface area contributed by atoms with Gasteiger partial charge in [-0.25, -0.2) is 4.39 Å². The molecule has 0 spiro atoms. The summed E-state index contributed by atoms with van der Waals surface area (Å²) in [7, 11) is 2.04. The third-order valence-electron chi connectivity index (χ3n) is 7.03. The van der Waals surface area contributed by atoms with E-state index < -0.39 is 0 Å². The second kappa shape index (κ2) is 12.7. The number of nitrogens with one attached hydrogen (secondary N) is 2. The maximum absolute atomic E-state index is 13.3. The third kappa shape index (κ3) is 6.88. The molecule has 0 saturated carbocycles. The molecule has 1 aromatic carbocycles. The summed E-state index contributed by atoms with van der Waals surface area (Å²) in [6, 6.07) is 9.75. The van der Waals surface area contributed by atoms with E-state index in [2.05, 4.69) is 28.7 Å². The van der Waals surface area contributed by atoms with E-state index >= 15 is 0 Å². The number of fused-ring (bicyclic) bond motifs is 1. The first-order valence-corrected chi connectivity index (χ1v) is 13.1. The predicted octanol–water partition coefficient (Wildman–Crippen LogP) is 3.35. The largest absolute Gasteiger partial charge is 0.359 e. The lowest BCUT2D eigenvalue weighted by atomic mass is 9.96. The summed E-state index contributed by atoms with van der Waals surface area (Å²) in [5.41, 5.74) is 4.00. The fraction of sp³-hybridized carbons (Fsp3) is 0.379. The van der Waals surface area contributed by atoms with Crippen molar-refractivity contribution in [2.24, 2.45) is 0 Å². The maximum atomic E-state index is 13.3. The van der Waals surface area contributed by atoms with Crippen molar-refractivity contribution in [1.29, 1.82) is 0 Å². The van der Waals surface area contributed by atoms with E-state index in [1.165, 1.54) is 18.2 Å². The van der Waals surface area contributed by atoms with Gasteiger partial charge in [0.25, 0.3) is 5.91 Å². The van der Waals surface area contributed by atoms with E-state index in [-0.39, 0.29) is 29.6 Å². The van der Waals surface area contributed by atoms with Crippen molar-refractivity contribution in [2.45, 2.75) is 44.8 Å². The minimum atomic E-state index is -0.275. The molecule has 3 aromatic rings. The van der Waals surface area contributed by atoms with Gasteiger partial charge in [0, 0.05) is 55.6 Å². The molecule has 2 amide bonds. The summed E-state index contributed by atoms with van der Waals surface area (Å²) in [6.07, 6.45) is 5.46. The topological polar surface area (TPSA) is 103 Å². The summed E-state index contributed by atoms with van der Waals surface area (Å²) in [4.78, 5) is 41.7. The van der Waals surface area contributed by atoms with Crippen LogP contribution in [0.2, 0.25) is 0 Å². The first kappa shape index (κ1) is 28.0. The summed E-state index contributed by atoms with van der Waals surface area (Å²) in [5, 5.41) is 7.82. The molecule has 0 bridgehead atoms. The number of halogens is 1. The molecule has 4 heterocycles. The SMILES string of the molecule is C=CC(=O)N1CCCC(NC(=O)c2nn(Cc3ccc(F)cc3)c3c2CN(C)CC3C)C1.O=Cc1ccc[nH]1. The molecule has 0 radical (unpaired) electrons. The molecule has 39 heavy (non-hydrogen) atoms. The number of carbonyl (C=O) groups excluding carboxylic acids is 3. The van der Waals surface area contributed by atoms with Gasteiger partial charge in [-0.1, -0.05) is 25.6 Å². The number of nitrogens with zero attached hydrogens (tertiary/aromatic N) is 4. The highest BCUT2D eigenvalue weighted by Gasteiger charge is 2.32. The number of hydrogen-bond acceptors (Lipinski definition) is 5. The number of piperidine rings is 1. The van der Waals surface area contributed by atoms with Gasteiger partial charge >= 0.3 is 0 Å². The molecule has 2 unspecified atom stereocenters. The summed E-state index contributed by atoms with van der Waals surface area (Å²) in [6.45, 7) is 8.86. The van der Waals surface area contributed by atoms with E-state index in [4.69, 9.17) is 5.10 Å². The van der Waals surface area contributed by atoms with Crippen molar-refractivity contribution in [3.63, 3.8) is 0 Å². The van der Waals surface area contributed by atoms with Crippen LogP contribution in [-0.4, -0.2) is 75.4 Å². The molecule has 2 aromatic heterocycles. The summed E-state index contributed by atoms with van der Waals surface area (Å²) >= 11 is 0. The number of benzene rings is 1. The van der Waals surface area contributed by atoms with Crippen LogP contribution >= 0.6 is 0 Å². The Morgan fingerprint density at radius 2 is 2.00 bits per heavy atom. The van der Waals surface area contributed by atoms with Gasteiger partial charge in [-0.05, 0) is 55.8 Å². The molecule has 2 atom stereocenters. The highest BCUT2D eigenvalue weighted by atomic mass is 19.1. The first-order chi connectivity index (χ1) is 18.8. The fourth-order valence-electron chi connectivity index (χ4n) is 5.27. The smallest absolute Gasteiger partial charge is 0.272 e. The monoisotopic (exact) mass is 534 g/mol. The Labute approximate surface area is 227 Å². The van der Waals surface area contributed by atoms with Crippen LogP contribution < -0.4 is 5.32 Å². The number of H-pyrrole nitrogens is 1. The molecule has 1 fully saturated rings. The van der Waals surface area contributed by atoms with Crippen LogP contribution in [0, 0.1) is 5.82 Å². The summed E-state index contributed by atoms with van der Waals surface area (Å²) < 4.78 is 15.2. The number of carbonyl (C=O) groups is 3. The second-order valence-corrected chi connectivity index (χ2v) is 10.1. The van der Waals surface area contributed by atoms with Gasteiger partial charge in [0.15, 0.2) is 12.0 Å². The van der Waals surface area contributed by atoms with E-state index in [0.717, 1.165) is 42.5 Å². The van der Waals surface area contributed by atoms with Crippen molar-refractivity contribution in [3.8, 4) is 0 Å². The van der Waals surface area contributed by atoms with Crippen LogP contribution in [0.1, 0.15) is 63.5 Å². The van der Waals surface area contributed by atoms with Gasteiger partial charge in [0.2, 0.25) is 5.91 Å². The number of rotatable bonds is 6. The number of aromatic amines is 1. The van der Waals surface area contributed by atoms with Crippen molar-refractivity contribution in [2.75, 3.05) is 26.7 Å². The fourth-order valence-corrected chi connectivity index (χ4v) is 5.27. The Morgan fingerprint density at radius 1 is 1.23 bits per heavy atom. The van der Waals surface area contributed by atoms with Gasteiger partial charge in [0.05, 0.1) is 12.2 Å². The van der Waals surface area contributed by atoms with Gasteiger partial charge in [-0.3, -0.25) is 19.1 Å². The third-order valence-corrected chi connectivity index (χ3v) is 7.03. The summed E-state index contributed by atoms with van der Waals surface area (Å²) in [5.74, 6) is -0.378. The average molecular weight is 535 g/mol. The van der Waals surface area contributed by atoms with Gasteiger partial charge in [-0.15, -0.1) is 0 Å². The lowest BCUT2D eigenvalue weighted by molar-refractivity contribution is -0.127. The van der Waals surface area contributed by atoms with Crippen molar-refractivity contribution < 1.29 is 18.8 Å². The van der Waals surface area contributed by atoms with E-state index in [1.807, 2.05) is 11.7 Å². The number of aldehydes is 1. The van der Waals surface area contributed by atoms with Gasteiger partial charge < -0.3 is 20.1 Å². The standard InChI is InChI=1S/C24H30FN5O2.C5H5NO/c1-4-21(31)29-11-5-6-19(14-29)26-24(32)22-20-15-28(3)12-16(2)23(20)30(27-22)13-17-7-9-18(25)10-8-17;7-4-5-2-1-3-6-5/h4,7-10,16,19H,1,5-6,11-15H2,2-3H3,(H,26,32);1-4,6H. The molecule has 1 saturated heterocycles. The zero-order valence-corrected chi connectivity index (χ0v) is 22.4. The minimum absolute atomic E-state index is 0.111. The maximum Gasteiger partial charge on any atom is 0.272 e. The van der Waals surface area contributed by atoms with E-state index in [0.29, 0.717) is 37.6 Å². The zero-order valence-electron chi connectivity index (χ0n) is 22.4. The molecule has 2 aliphatic heterocycles. The highest BCUT2D eigenvalue weighted by Crippen LogP contribution is 2.30. The minimum Gasteiger partial charge on any atom is -0.359 e. The molecule has 206 valence electrons. The van der Waals surface area contributed by atoms with Crippen molar-refractivity contribution >= 4 is 18.1 Å². The Kier molecular flexibility index (Phi) is 9.08. The van der Waals surface area contributed by atoms with Crippen molar-refractivity contribution in [1.82, 2.24) is 29.9 Å². The normalized spacial score (nSPS) is 18.9. The lowest BCUT2D eigenvalue weighted by Crippen LogP contribution is -2.49. The Hall–Kier alpha value is -4.05. The Balaban J connectivity index is 0.000000438. The molecular weight excluding hydrogens is 499 g/mol. The van der Waals surface area contributed by atoms with Crippen LogP contribution in [0.25, 0.3) is 0 Å². The van der Waals surface area contributed by atoms with Gasteiger partial charge in [-0.2, -0.15) is 5.10 Å². The molecule has 2 aliphatic rings. The second-order valence-electron chi connectivity index (χ2n) is 10.1. The number of amides is 2. The number of likely N-dealkylation sites (tertiary alicyclic amines) is 1. The predicted molar refractivity (Wildman–Crippen MR) is 146 cm³/mol. The highest BCUT2D eigenvalue weighted by molar-refractivity contribution is 5.94. The number of aromatic nitrogens is 3.